The number of nitrogens with zero attached hydrogens (tertiary/aromatic N) is 4. The molecule has 5 rings (SSSR count). The van der Waals surface area contributed by atoms with Crippen molar-refractivity contribution in [1.29, 1.82) is 0 Å². The summed E-state index contributed by atoms with van der Waals surface area (Å²) in [6, 6.07) is 11.6. The molecule has 34 heavy (non-hydrogen) atoms. The number of benzene rings is 2. The second-order valence-corrected chi connectivity index (χ2v) is 8.53. The van der Waals surface area contributed by atoms with Gasteiger partial charge in [0.1, 0.15) is 28.2 Å². The molecule has 0 radical (unpaired) electrons. The van der Waals surface area contributed by atoms with Crippen molar-refractivity contribution in [3.63, 3.8) is 0 Å². The number of para-hydroxylation sites is 1. The van der Waals surface area contributed by atoms with Crippen molar-refractivity contribution < 1.29 is 18.3 Å². The van der Waals surface area contributed by atoms with E-state index < -0.39 is 11.6 Å². The van der Waals surface area contributed by atoms with E-state index in [1.54, 1.807) is 17.7 Å². The summed E-state index contributed by atoms with van der Waals surface area (Å²) in [6.45, 7) is 3.34. The summed E-state index contributed by atoms with van der Waals surface area (Å²) in [5.74, 6) is -0.610. The number of hydrogen-bond donors (Lipinski definition) is 0. The molecule has 0 N–H and O–H groups in total. The lowest BCUT2D eigenvalue weighted by Gasteiger charge is -2.21. The van der Waals surface area contributed by atoms with E-state index in [9.17, 15) is 8.78 Å². The molecule has 0 spiro atoms. The molecule has 0 atom stereocenters. The third-order valence-electron chi connectivity index (χ3n) is 5.96. The van der Waals surface area contributed by atoms with Gasteiger partial charge in [0.2, 0.25) is 0 Å². The summed E-state index contributed by atoms with van der Waals surface area (Å²) in [6.07, 6.45) is 1.72. The maximum absolute atomic E-state index is 14.7. The monoisotopic (exact) mass is 484 g/mol. The molecule has 6 nitrogen and oxygen atoms in total. The SMILES string of the molecule is CCOc1cc(F)c(Cn2nc(-c3nc(Cl)cc(C4CCOCC4)n3)c3ccccc32)c(F)c1. The molecule has 176 valence electrons. The topological polar surface area (TPSA) is 62.1 Å². The third kappa shape index (κ3) is 4.48. The van der Waals surface area contributed by atoms with Gasteiger partial charge in [-0.05, 0) is 31.9 Å². The minimum atomic E-state index is -0.689. The van der Waals surface area contributed by atoms with Crippen molar-refractivity contribution in [2.24, 2.45) is 0 Å². The zero-order valence-electron chi connectivity index (χ0n) is 18.6. The van der Waals surface area contributed by atoms with E-state index in [1.807, 2.05) is 24.3 Å². The second kappa shape index (κ2) is 9.64. The highest BCUT2D eigenvalue weighted by molar-refractivity contribution is 6.29. The highest BCUT2D eigenvalue weighted by Gasteiger charge is 2.22. The van der Waals surface area contributed by atoms with Crippen LogP contribution in [-0.2, 0) is 11.3 Å². The Labute approximate surface area is 200 Å². The Hall–Kier alpha value is -3.10. The summed E-state index contributed by atoms with van der Waals surface area (Å²) in [5, 5.41) is 5.77. The van der Waals surface area contributed by atoms with Crippen molar-refractivity contribution in [3.8, 4) is 17.3 Å². The minimum absolute atomic E-state index is 0.0989. The Bertz CT molecular complexity index is 1310. The molecule has 2 aromatic carbocycles. The van der Waals surface area contributed by atoms with Crippen molar-refractivity contribution in [1.82, 2.24) is 19.7 Å². The molecule has 1 aliphatic heterocycles. The molecule has 1 fully saturated rings. The number of fused-ring (bicyclic) bond motifs is 1. The number of rotatable bonds is 6. The normalized spacial score (nSPS) is 14.6. The maximum Gasteiger partial charge on any atom is 0.182 e. The van der Waals surface area contributed by atoms with E-state index in [1.165, 1.54) is 12.1 Å². The predicted molar refractivity (Wildman–Crippen MR) is 125 cm³/mol. The van der Waals surface area contributed by atoms with Gasteiger partial charge in [-0.2, -0.15) is 5.10 Å². The van der Waals surface area contributed by atoms with Crippen LogP contribution in [0, 0.1) is 11.6 Å². The second-order valence-electron chi connectivity index (χ2n) is 8.15. The van der Waals surface area contributed by atoms with Gasteiger partial charge in [0.15, 0.2) is 5.82 Å². The Balaban J connectivity index is 1.56. The fraction of sp³-hybridized carbons (Fsp3) is 0.320. The van der Waals surface area contributed by atoms with Crippen molar-refractivity contribution in [3.05, 3.63) is 70.5 Å². The smallest absolute Gasteiger partial charge is 0.182 e. The van der Waals surface area contributed by atoms with Crippen LogP contribution >= 0.6 is 11.6 Å². The Morgan fingerprint density at radius 1 is 1.09 bits per heavy atom. The summed E-state index contributed by atoms with van der Waals surface area (Å²) in [7, 11) is 0. The molecule has 0 unspecified atom stereocenters. The average molecular weight is 485 g/mol. The van der Waals surface area contributed by atoms with Crippen LogP contribution in [0.4, 0.5) is 8.78 Å². The van der Waals surface area contributed by atoms with Crippen molar-refractivity contribution in [2.45, 2.75) is 32.2 Å². The molecule has 1 saturated heterocycles. The van der Waals surface area contributed by atoms with Crippen LogP contribution in [0.3, 0.4) is 0 Å². The first-order valence-corrected chi connectivity index (χ1v) is 11.6. The Kier molecular flexibility index (Phi) is 6.43. The lowest BCUT2D eigenvalue weighted by atomic mass is 9.96. The molecule has 0 aliphatic carbocycles. The van der Waals surface area contributed by atoms with Crippen LogP contribution in [0.1, 0.15) is 36.9 Å². The van der Waals surface area contributed by atoms with E-state index >= 15 is 0 Å². The third-order valence-corrected chi connectivity index (χ3v) is 6.15. The molecule has 0 saturated carbocycles. The first kappa shape index (κ1) is 22.7. The fourth-order valence-corrected chi connectivity index (χ4v) is 4.48. The zero-order chi connectivity index (χ0) is 23.7. The van der Waals surface area contributed by atoms with Gasteiger partial charge in [0.05, 0.1) is 18.7 Å². The highest BCUT2D eigenvalue weighted by atomic mass is 35.5. The largest absolute Gasteiger partial charge is 0.494 e. The fourth-order valence-electron chi connectivity index (χ4n) is 4.29. The van der Waals surface area contributed by atoms with Crippen LogP contribution in [0.15, 0.2) is 42.5 Å². The molecular formula is C25H23ClF2N4O2. The molecule has 4 aromatic rings. The first-order chi connectivity index (χ1) is 16.5. The minimum Gasteiger partial charge on any atom is -0.494 e. The summed E-state index contributed by atoms with van der Waals surface area (Å²) < 4.78 is 41.8. The molecule has 2 aromatic heterocycles. The maximum atomic E-state index is 14.7. The summed E-state index contributed by atoms with van der Waals surface area (Å²) in [5.41, 5.74) is 1.97. The quantitative estimate of drug-likeness (QED) is 0.325. The van der Waals surface area contributed by atoms with Gasteiger partial charge in [-0.3, -0.25) is 4.68 Å². The van der Waals surface area contributed by atoms with Gasteiger partial charge >= 0.3 is 0 Å². The number of hydrogen-bond acceptors (Lipinski definition) is 5. The van der Waals surface area contributed by atoms with Gasteiger partial charge in [0.25, 0.3) is 0 Å². The van der Waals surface area contributed by atoms with Gasteiger partial charge in [-0.1, -0.05) is 29.8 Å². The van der Waals surface area contributed by atoms with Crippen LogP contribution in [0.2, 0.25) is 5.15 Å². The van der Waals surface area contributed by atoms with Gasteiger partial charge < -0.3 is 9.47 Å². The average Bonchev–Trinajstić information content (AvgIpc) is 3.20. The van der Waals surface area contributed by atoms with Crippen LogP contribution < -0.4 is 4.74 Å². The molecule has 1 aliphatic rings. The molecule has 3 heterocycles. The van der Waals surface area contributed by atoms with E-state index in [2.05, 4.69) is 10.1 Å². The Morgan fingerprint density at radius 3 is 2.56 bits per heavy atom. The summed E-state index contributed by atoms with van der Waals surface area (Å²) >= 11 is 6.36. The van der Waals surface area contributed by atoms with Crippen LogP contribution in [0.5, 0.6) is 5.75 Å². The predicted octanol–water partition coefficient (Wildman–Crippen LogP) is 5.77. The zero-order valence-corrected chi connectivity index (χ0v) is 19.4. The highest BCUT2D eigenvalue weighted by Crippen LogP contribution is 2.32. The van der Waals surface area contributed by atoms with E-state index in [0.717, 1.165) is 23.9 Å². The molecule has 9 heteroatoms. The van der Waals surface area contributed by atoms with Crippen molar-refractivity contribution >= 4 is 22.5 Å². The van der Waals surface area contributed by atoms with Crippen LogP contribution in [-0.4, -0.2) is 39.6 Å². The lowest BCUT2D eigenvalue weighted by Crippen LogP contribution is -2.15. The van der Waals surface area contributed by atoms with Gasteiger partial charge in [0, 0.05) is 47.9 Å². The molecular weight excluding hydrogens is 462 g/mol. The van der Waals surface area contributed by atoms with E-state index in [4.69, 9.17) is 26.1 Å². The van der Waals surface area contributed by atoms with Crippen molar-refractivity contribution in [2.75, 3.05) is 19.8 Å². The van der Waals surface area contributed by atoms with E-state index in [-0.39, 0.29) is 23.8 Å². The van der Waals surface area contributed by atoms with E-state index in [0.29, 0.717) is 42.0 Å². The number of ether oxygens (including phenoxy) is 2. The lowest BCUT2D eigenvalue weighted by molar-refractivity contribution is 0.0845. The standard InChI is InChI=1S/C25H23ClF2N4O2/c1-2-34-16-11-19(27)18(20(28)12-16)14-32-22-6-4-3-5-17(22)24(31-32)25-29-21(13-23(26)30-25)15-7-9-33-10-8-15/h3-6,11-13,15H,2,7-10,14H2,1H3. The van der Waals surface area contributed by atoms with Crippen LogP contribution in [0.25, 0.3) is 22.4 Å². The van der Waals surface area contributed by atoms with Gasteiger partial charge in [-0.15, -0.1) is 0 Å². The number of halogens is 3. The summed E-state index contributed by atoms with van der Waals surface area (Å²) in [4.78, 5) is 9.19. The molecule has 0 bridgehead atoms. The van der Waals surface area contributed by atoms with Gasteiger partial charge in [-0.25, -0.2) is 18.7 Å². The number of aromatic nitrogens is 4. The Morgan fingerprint density at radius 2 is 1.82 bits per heavy atom. The first-order valence-electron chi connectivity index (χ1n) is 11.2. The molecule has 0 amide bonds.